The number of carbonyl (C=O) groups is 1. The third-order valence-electron chi connectivity index (χ3n) is 3.29. The van der Waals surface area contributed by atoms with Gasteiger partial charge in [-0.3, -0.25) is 4.79 Å². The van der Waals surface area contributed by atoms with E-state index in [0.717, 1.165) is 22.2 Å². The zero-order valence-electron chi connectivity index (χ0n) is 12.2. The van der Waals surface area contributed by atoms with Crippen molar-refractivity contribution in [2.75, 3.05) is 20.8 Å². The monoisotopic (exact) mass is 277 g/mol. The second kappa shape index (κ2) is 5.86. The molecular formula is C15H19NO4. The predicted octanol–water partition coefficient (Wildman–Crippen LogP) is 2.60. The molecule has 1 heterocycles. The third kappa shape index (κ3) is 2.57. The summed E-state index contributed by atoms with van der Waals surface area (Å²) in [7, 11) is 3.23. The smallest absolute Gasteiger partial charge is 0.302 e. The van der Waals surface area contributed by atoms with Gasteiger partial charge < -0.3 is 19.2 Å². The molecular weight excluding hydrogens is 258 g/mol. The topological polar surface area (TPSA) is 60.5 Å². The Labute approximate surface area is 117 Å². The van der Waals surface area contributed by atoms with Crippen LogP contribution in [0.3, 0.4) is 0 Å². The summed E-state index contributed by atoms with van der Waals surface area (Å²) in [4.78, 5) is 14.2. The molecule has 0 spiro atoms. The van der Waals surface area contributed by atoms with Gasteiger partial charge in [0.15, 0.2) is 11.5 Å². The number of aromatic amines is 1. The van der Waals surface area contributed by atoms with E-state index in [1.807, 2.05) is 19.1 Å². The van der Waals surface area contributed by atoms with Crippen molar-refractivity contribution in [2.45, 2.75) is 20.3 Å². The lowest BCUT2D eigenvalue weighted by atomic mass is 10.1. The molecule has 0 radical (unpaired) electrons. The van der Waals surface area contributed by atoms with E-state index in [9.17, 15) is 4.79 Å². The number of nitrogens with one attached hydrogen (secondary N) is 1. The summed E-state index contributed by atoms with van der Waals surface area (Å²) in [6.45, 7) is 3.78. The van der Waals surface area contributed by atoms with Crippen LogP contribution in [0.1, 0.15) is 18.2 Å². The number of benzene rings is 1. The molecule has 2 rings (SSSR count). The van der Waals surface area contributed by atoms with Crippen molar-refractivity contribution in [1.82, 2.24) is 4.98 Å². The Balaban J connectivity index is 2.41. The number of hydrogen-bond donors (Lipinski definition) is 1. The van der Waals surface area contributed by atoms with Gasteiger partial charge in [-0.2, -0.15) is 0 Å². The van der Waals surface area contributed by atoms with Crippen molar-refractivity contribution in [3.05, 3.63) is 23.4 Å². The molecule has 0 fully saturated rings. The maximum Gasteiger partial charge on any atom is 0.302 e. The van der Waals surface area contributed by atoms with Crippen LogP contribution < -0.4 is 9.47 Å². The summed E-state index contributed by atoms with van der Waals surface area (Å²) in [5, 5.41) is 1.06. The molecule has 1 N–H and O–H groups in total. The van der Waals surface area contributed by atoms with E-state index < -0.39 is 0 Å². The highest BCUT2D eigenvalue weighted by Gasteiger charge is 2.15. The summed E-state index contributed by atoms with van der Waals surface area (Å²) in [6.07, 6.45) is 0.668. The second-order valence-electron chi connectivity index (χ2n) is 4.54. The molecule has 0 atom stereocenters. The first-order valence-electron chi connectivity index (χ1n) is 6.44. The van der Waals surface area contributed by atoms with E-state index in [4.69, 9.17) is 14.2 Å². The summed E-state index contributed by atoms with van der Waals surface area (Å²) in [5.74, 6) is 1.11. The number of esters is 1. The van der Waals surface area contributed by atoms with Gasteiger partial charge in [0.05, 0.1) is 26.3 Å². The predicted molar refractivity (Wildman–Crippen MR) is 76.5 cm³/mol. The largest absolute Gasteiger partial charge is 0.493 e. The second-order valence-corrected chi connectivity index (χ2v) is 4.54. The molecule has 108 valence electrons. The molecule has 5 nitrogen and oxygen atoms in total. The maximum absolute atomic E-state index is 10.8. The lowest BCUT2D eigenvalue weighted by Gasteiger charge is -2.08. The highest BCUT2D eigenvalue weighted by molar-refractivity contribution is 5.91. The van der Waals surface area contributed by atoms with Gasteiger partial charge in [-0.25, -0.2) is 0 Å². The van der Waals surface area contributed by atoms with Gasteiger partial charge in [-0.15, -0.1) is 0 Å². The van der Waals surface area contributed by atoms with Crippen LogP contribution in [-0.2, 0) is 16.0 Å². The van der Waals surface area contributed by atoms with E-state index in [-0.39, 0.29) is 5.97 Å². The summed E-state index contributed by atoms with van der Waals surface area (Å²) < 4.78 is 15.7. The maximum atomic E-state index is 10.8. The molecule has 0 saturated carbocycles. The van der Waals surface area contributed by atoms with Crippen LogP contribution in [0.5, 0.6) is 11.5 Å². The van der Waals surface area contributed by atoms with Gasteiger partial charge in [0.1, 0.15) is 0 Å². The molecule has 0 saturated heterocycles. The lowest BCUT2D eigenvalue weighted by Crippen LogP contribution is -2.03. The summed E-state index contributed by atoms with van der Waals surface area (Å²) in [5.41, 5.74) is 3.07. The van der Waals surface area contributed by atoms with Gasteiger partial charge >= 0.3 is 5.97 Å². The summed E-state index contributed by atoms with van der Waals surface area (Å²) >= 11 is 0. The number of aromatic nitrogens is 1. The number of fused-ring (bicyclic) bond motifs is 1. The fraction of sp³-hybridized carbons (Fsp3) is 0.400. The number of ether oxygens (including phenoxy) is 3. The van der Waals surface area contributed by atoms with E-state index in [1.165, 1.54) is 6.92 Å². The minimum atomic E-state index is -0.262. The first kappa shape index (κ1) is 14.2. The SMILES string of the molecule is COc1ccc2c(CCOC(C)=O)c(C)[nH]c2c1OC. The molecule has 0 bridgehead atoms. The first-order valence-corrected chi connectivity index (χ1v) is 6.44. The molecule has 0 aliphatic carbocycles. The molecule has 0 amide bonds. The molecule has 1 aromatic carbocycles. The Morgan fingerprint density at radius 3 is 2.60 bits per heavy atom. The molecule has 1 aromatic heterocycles. The minimum Gasteiger partial charge on any atom is -0.493 e. The Morgan fingerprint density at radius 1 is 1.25 bits per heavy atom. The fourth-order valence-electron chi connectivity index (χ4n) is 2.39. The van der Waals surface area contributed by atoms with Crippen molar-refractivity contribution in [2.24, 2.45) is 0 Å². The molecule has 5 heteroatoms. The molecule has 20 heavy (non-hydrogen) atoms. The normalized spacial score (nSPS) is 10.6. The molecule has 0 aliphatic heterocycles. The number of methoxy groups -OCH3 is 2. The van der Waals surface area contributed by atoms with Crippen LogP contribution in [0.25, 0.3) is 10.9 Å². The average Bonchev–Trinajstić information content (AvgIpc) is 2.73. The van der Waals surface area contributed by atoms with E-state index in [0.29, 0.717) is 24.5 Å². The molecule has 2 aromatic rings. The van der Waals surface area contributed by atoms with Gasteiger partial charge in [-0.05, 0) is 24.6 Å². The number of rotatable bonds is 5. The highest BCUT2D eigenvalue weighted by Crippen LogP contribution is 2.37. The standard InChI is InChI=1S/C15H19NO4/c1-9-11(7-8-20-10(2)17)12-5-6-13(18-3)15(19-4)14(12)16-9/h5-6,16H,7-8H2,1-4H3. The number of aryl methyl sites for hydroxylation is 1. The number of carbonyl (C=O) groups excluding carboxylic acids is 1. The minimum absolute atomic E-state index is 0.262. The van der Waals surface area contributed by atoms with Crippen LogP contribution in [0, 0.1) is 6.92 Å². The Kier molecular flexibility index (Phi) is 4.17. The zero-order valence-corrected chi connectivity index (χ0v) is 12.2. The molecule has 0 aliphatic rings. The van der Waals surface area contributed by atoms with Gasteiger partial charge in [0.25, 0.3) is 0 Å². The van der Waals surface area contributed by atoms with Crippen molar-refractivity contribution in [3.8, 4) is 11.5 Å². The number of hydrogen-bond acceptors (Lipinski definition) is 4. The highest BCUT2D eigenvalue weighted by atomic mass is 16.5. The first-order chi connectivity index (χ1) is 9.58. The molecule has 0 unspecified atom stereocenters. The Bertz CT molecular complexity index is 630. The van der Waals surface area contributed by atoms with Crippen molar-refractivity contribution >= 4 is 16.9 Å². The zero-order chi connectivity index (χ0) is 14.7. The Morgan fingerprint density at radius 2 is 2.00 bits per heavy atom. The Hall–Kier alpha value is -2.17. The van der Waals surface area contributed by atoms with E-state index >= 15 is 0 Å². The number of H-pyrrole nitrogens is 1. The van der Waals surface area contributed by atoms with Gasteiger partial charge in [-0.1, -0.05) is 0 Å². The van der Waals surface area contributed by atoms with E-state index in [1.54, 1.807) is 14.2 Å². The lowest BCUT2D eigenvalue weighted by molar-refractivity contribution is -0.140. The van der Waals surface area contributed by atoms with Crippen LogP contribution in [0.4, 0.5) is 0 Å². The van der Waals surface area contributed by atoms with Gasteiger partial charge in [0.2, 0.25) is 0 Å². The van der Waals surface area contributed by atoms with Crippen molar-refractivity contribution in [3.63, 3.8) is 0 Å². The van der Waals surface area contributed by atoms with Crippen LogP contribution in [0.2, 0.25) is 0 Å². The summed E-state index contributed by atoms with van der Waals surface area (Å²) in [6, 6.07) is 3.87. The fourth-order valence-corrected chi connectivity index (χ4v) is 2.39. The third-order valence-corrected chi connectivity index (χ3v) is 3.29. The van der Waals surface area contributed by atoms with Gasteiger partial charge in [0, 0.05) is 24.4 Å². The van der Waals surface area contributed by atoms with Crippen molar-refractivity contribution < 1.29 is 19.0 Å². The van der Waals surface area contributed by atoms with Crippen LogP contribution >= 0.6 is 0 Å². The van der Waals surface area contributed by atoms with Crippen LogP contribution in [0.15, 0.2) is 12.1 Å². The van der Waals surface area contributed by atoms with Crippen molar-refractivity contribution in [1.29, 1.82) is 0 Å². The quantitative estimate of drug-likeness (QED) is 0.853. The average molecular weight is 277 g/mol. The van der Waals surface area contributed by atoms with E-state index in [2.05, 4.69) is 4.98 Å². The van der Waals surface area contributed by atoms with Crippen LogP contribution in [-0.4, -0.2) is 31.8 Å².